The third-order valence-electron chi connectivity index (χ3n) is 14.9. The largest absolute Gasteiger partial charge is 0.394 e. The van der Waals surface area contributed by atoms with Crippen molar-refractivity contribution < 1.29 is 64.6 Å². The van der Waals surface area contributed by atoms with Crippen LogP contribution in [0.5, 0.6) is 0 Å². The van der Waals surface area contributed by atoms with Gasteiger partial charge in [-0.3, -0.25) is 4.79 Å². The van der Waals surface area contributed by atoms with E-state index in [1.54, 1.807) is 6.08 Å². The first-order valence-electron chi connectivity index (χ1n) is 33.2. The molecule has 1 amide bonds. The van der Waals surface area contributed by atoms with Gasteiger partial charge in [0.1, 0.15) is 48.8 Å². The lowest BCUT2D eigenvalue weighted by atomic mass is 9.97. The van der Waals surface area contributed by atoms with Gasteiger partial charge < -0.3 is 65.1 Å². The predicted molar refractivity (Wildman–Crippen MR) is 354 cm³/mol. The highest BCUT2D eigenvalue weighted by molar-refractivity contribution is 5.76. The van der Waals surface area contributed by atoms with E-state index < -0.39 is 86.8 Å². The van der Waals surface area contributed by atoms with Crippen LogP contribution in [0.4, 0.5) is 0 Å². The minimum atomic E-state index is -1.80. The molecule has 2 aliphatic rings. The van der Waals surface area contributed by atoms with Crippen LogP contribution in [0.3, 0.4) is 0 Å². The van der Waals surface area contributed by atoms with E-state index in [1.807, 2.05) is 6.08 Å². The van der Waals surface area contributed by atoms with Crippen molar-refractivity contribution in [2.45, 2.75) is 274 Å². The van der Waals surface area contributed by atoms with Crippen LogP contribution in [-0.4, -0.2) is 140 Å². The van der Waals surface area contributed by atoms with E-state index in [0.29, 0.717) is 12.8 Å². The highest BCUT2D eigenvalue weighted by atomic mass is 16.7. The zero-order valence-electron chi connectivity index (χ0n) is 53.2. The molecule has 2 heterocycles. The highest BCUT2D eigenvalue weighted by Crippen LogP contribution is 2.30. The molecule has 12 unspecified atom stereocenters. The summed E-state index contributed by atoms with van der Waals surface area (Å²) < 4.78 is 22.7. The van der Waals surface area contributed by atoms with Crippen molar-refractivity contribution in [3.63, 3.8) is 0 Å². The van der Waals surface area contributed by atoms with Crippen molar-refractivity contribution in [2.75, 3.05) is 19.8 Å². The van der Waals surface area contributed by atoms with Crippen molar-refractivity contribution in [1.82, 2.24) is 5.32 Å². The standard InChI is InChI=1S/C73H117NO13/c1-3-5-7-9-11-13-15-17-18-19-20-21-22-23-24-25-26-27-28-29-30-31-32-33-34-35-36-37-38-39-40-41-42-43-44-45-47-49-51-53-55-57-65(78)74-61(62(77)56-54-52-50-48-46-16-14-12-10-8-6-4-2)60-84-72-70(83)68(81)71(64(59-76)86-72)87-73-69(82)67(80)66(79)63(58-75)85-73/h5,7,11,13,17-18,20-21,23-24,26-27,29-30,32-33,35-36,38-39,41-42,46,48,54,56,61-64,66-73,75-77,79-83H,3-4,6,8-10,12,14-16,19,22,25,28,31,34,37,40,43-45,47,49-53,55,57-60H2,1-2H3,(H,74,78)/b7-5-,13-11-,18-17-,21-20-,24-23-,27-26-,30-29-,33-32-,36-35-,39-38-,42-41-,48-46+,56-54+. The lowest BCUT2D eigenvalue weighted by molar-refractivity contribution is -0.359. The molecule has 0 aliphatic carbocycles. The molecule has 0 aromatic rings. The maximum Gasteiger partial charge on any atom is 0.220 e. The van der Waals surface area contributed by atoms with Crippen molar-refractivity contribution in [2.24, 2.45) is 0 Å². The van der Waals surface area contributed by atoms with Crippen LogP contribution in [0.15, 0.2) is 158 Å². The van der Waals surface area contributed by atoms with Crippen molar-refractivity contribution in [1.29, 1.82) is 0 Å². The summed E-state index contributed by atoms with van der Waals surface area (Å²) in [5.74, 6) is -0.269. The number of aliphatic hydroxyl groups is 8. The number of nitrogens with one attached hydrogen (secondary N) is 1. The minimum Gasteiger partial charge on any atom is -0.394 e. The van der Waals surface area contributed by atoms with Gasteiger partial charge in [-0.2, -0.15) is 0 Å². The monoisotopic (exact) mass is 1220 g/mol. The number of hydrogen-bond acceptors (Lipinski definition) is 13. The number of rotatable bonds is 51. The van der Waals surface area contributed by atoms with Crippen LogP contribution in [0, 0.1) is 0 Å². The first-order chi connectivity index (χ1) is 42.6. The van der Waals surface area contributed by atoms with Gasteiger partial charge in [-0.05, 0) is 116 Å². The van der Waals surface area contributed by atoms with Gasteiger partial charge in [0.05, 0.1) is 32.0 Å². The van der Waals surface area contributed by atoms with Crippen LogP contribution < -0.4 is 5.32 Å². The zero-order chi connectivity index (χ0) is 63.1. The number of carbonyl (C=O) groups excluding carboxylic acids is 1. The van der Waals surface area contributed by atoms with Crippen LogP contribution >= 0.6 is 0 Å². The molecule has 0 spiro atoms. The van der Waals surface area contributed by atoms with E-state index >= 15 is 0 Å². The van der Waals surface area contributed by atoms with Crippen LogP contribution in [0.2, 0.25) is 0 Å². The maximum atomic E-state index is 13.3. The molecule has 9 N–H and O–H groups in total. The Bertz CT molecular complexity index is 2070. The summed E-state index contributed by atoms with van der Waals surface area (Å²) in [7, 11) is 0. The Morgan fingerprint density at radius 1 is 0.425 bits per heavy atom. The smallest absolute Gasteiger partial charge is 0.220 e. The topological polar surface area (TPSA) is 228 Å². The van der Waals surface area contributed by atoms with E-state index in [2.05, 4.69) is 165 Å². The first-order valence-corrected chi connectivity index (χ1v) is 33.2. The Morgan fingerprint density at radius 3 is 1.26 bits per heavy atom. The van der Waals surface area contributed by atoms with Crippen molar-refractivity contribution in [3.05, 3.63) is 158 Å². The summed E-state index contributed by atoms with van der Waals surface area (Å²) in [5, 5.41) is 87.0. The summed E-state index contributed by atoms with van der Waals surface area (Å²) >= 11 is 0. The van der Waals surface area contributed by atoms with Gasteiger partial charge in [0.15, 0.2) is 12.6 Å². The summed E-state index contributed by atoms with van der Waals surface area (Å²) in [6.45, 7) is 2.61. The highest BCUT2D eigenvalue weighted by Gasteiger charge is 2.51. The SMILES string of the molecule is CC/C=C\C/C=C\C/C=C\C/C=C\C/C=C\C/C=C\C/C=C\C/C=C\C/C=C\C/C=C\C/C=C\CCCCCCCCCC(=O)NC(COC1OC(CO)C(OC2OC(CO)C(O)C(O)C2O)C(O)C1O)C(O)/C=C/CC/C=C/CCCCCCCC. The number of allylic oxidation sites excluding steroid dienone is 25. The molecule has 14 heteroatoms. The molecule has 0 aromatic carbocycles. The third kappa shape index (κ3) is 40.1. The van der Waals surface area contributed by atoms with Gasteiger partial charge in [-0.15, -0.1) is 0 Å². The molecule has 2 saturated heterocycles. The molecule has 87 heavy (non-hydrogen) atoms. The summed E-state index contributed by atoms with van der Waals surface area (Å²) in [4.78, 5) is 13.3. The fraction of sp³-hybridized carbons (Fsp3) is 0.630. The normalized spacial score (nSPS) is 24.3. The Hall–Kier alpha value is -4.39. The number of amides is 1. The van der Waals surface area contributed by atoms with Crippen molar-refractivity contribution in [3.8, 4) is 0 Å². The fourth-order valence-corrected chi connectivity index (χ4v) is 9.66. The van der Waals surface area contributed by atoms with Gasteiger partial charge in [0.25, 0.3) is 0 Å². The molecule has 0 bridgehead atoms. The van der Waals surface area contributed by atoms with Gasteiger partial charge in [0, 0.05) is 6.42 Å². The average molecular weight is 1220 g/mol. The lowest BCUT2D eigenvalue weighted by Crippen LogP contribution is -2.65. The van der Waals surface area contributed by atoms with Crippen LogP contribution in [0.25, 0.3) is 0 Å². The molecule has 14 nitrogen and oxygen atoms in total. The second kappa shape index (κ2) is 55.7. The number of unbranched alkanes of at least 4 members (excludes halogenated alkanes) is 14. The second-order valence-corrected chi connectivity index (χ2v) is 22.5. The number of ether oxygens (including phenoxy) is 4. The van der Waals surface area contributed by atoms with Gasteiger partial charge in [-0.25, -0.2) is 0 Å². The Labute approximate surface area is 525 Å². The molecular weight excluding hydrogens is 1100 g/mol. The van der Waals surface area contributed by atoms with E-state index in [9.17, 15) is 45.6 Å². The fourth-order valence-electron chi connectivity index (χ4n) is 9.66. The molecular formula is C73H117NO13. The maximum absolute atomic E-state index is 13.3. The lowest BCUT2D eigenvalue weighted by Gasteiger charge is -2.46. The summed E-state index contributed by atoms with van der Waals surface area (Å²) in [5.41, 5.74) is 0. The third-order valence-corrected chi connectivity index (χ3v) is 14.9. The summed E-state index contributed by atoms with van der Waals surface area (Å²) in [6.07, 6.45) is 68.8. The van der Waals surface area contributed by atoms with Gasteiger partial charge in [0.2, 0.25) is 5.91 Å². The van der Waals surface area contributed by atoms with Crippen molar-refractivity contribution >= 4 is 5.91 Å². The molecule has 0 aromatic heterocycles. The second-order valence-electron chi connectivity index (χ2n) is 22.5. The first kappa shape index (κ1) is 78.7. The Morgan fingerprint density at radius 2 is 0.805 bits per heavy atom. The van der Waals surface area contributed by atoms with Gasteiger partial charge in [-0.1, -0.05) is 236 Å². The summed E-state index contributed by atoms with van der Waals surface area (Å²) in [6, 6.07) is -0.948. The van der Waals surface area contributed by atoms with Gasteiger partial charge >= 0.3 is 0 Å². The molecule has 2 fully saturated rings. The predicted octanol–water partition coefficient (Wildman–Crippen LogP) is 13.1. The van der Waals surface area contributed by atoms with E-state index in [1.165, 1.54) is 38.5 Å². The van der Waals surface area contributed by atoms with E-state index in [-0.39, 0.29) is 18.9 Å². The quantitative estimate of drug-likeness (QED) is 0.0204. The molecule has 492 valence electrons. The molecule has 12 atom stereocenters. The molecule has 2 aliphatic heterocycles. The number of carbonyl (C=O) groups is 1. The van der Waals surface area contributed by atoms with E-state index in [4.69, 9.17) is 18.9 Å². The van der Waals surface area contributed by atoms with E-state index in [0.717, 1.165) is 128 Å². The zero-order valence-corrected chi connectivity index (χ0v) is 53.2. The molecule has 0 radical (unpaired) electrons. The van der Waals surface area contributed by atoms with Crippen LogP contribution in [-0.2, 0) is 23.7 Å². The number of aliphatic hydroxyl groups excluding tert-OH is 8. The Kier molecular flexibility index (Phi) is 50.4. The Balaban J connectivity index is 1.63. The average Bonchev–Trinajstić information content (AvgIpc) is 2.31. The van der Waals surface area contributed by atoms with Crippen LogP contribution in [0.1, 0.15) is 200 Å². The minimum absolute atomic E-state index is 0.250. The number of hydrogen-bond donors (Lipinski definition) is 9. The molecule has 0 saturated carbocycles. The molecule has 2 rings (SSSR count).